The van der Waals surface area contributed by atoms with Crippen LogP contribution in [0.15, 0.2) is 24.3 Å². The third kappa shape index (κ3) is 3.65. The lowest BCUT2D eigenvalue weighted by Gasteiger charge is -2.34. The highest BCUT2D eigenvalue weighted by molar-refractivity contribution is 5.87. The Bertz CT molecular complexity index is 954. The van der Waals surface area contributed by atoms with Gasteiger partial charge in [-0.3, -0.25) is 14.5 Å². The number of fused-ring (bicyclic) bond motifs is 1. The van der Waals surface area contributed by atoms with E-state index in [0.717, 1.165) is 61.7 Å². The van der Waals surface area contributed by atoms with Gasteiger partial charge >= 0.3 is 0 Å². The second kappa shape index (κ2) is 7.25. The Hall–Kier alpha value is -2.51. The van der Waals surface area contributed by atoms with Gasteiger partial charge < -0.3 is 5.73 Å². The zero-order valence-corrected chi connectivity index (χ0v) is 16.3. The van der Waals surface area contributed by atoms with Gasteiger partial charge in [0.2, 0.25) is 0 Å². The minimum atomic E-state index is 0.566. The van der Waals surface area contributed by atoms with Crippen LogP contribution in [0.5, 0.6) is 0 Å². The summed E-state index contributed by atoms with van der Waals surface area (Å²) in [5.41, 5.74) is 10.8. The summed E-state index contributed by atoms with van der Waals surface area (Å²) in [6.07, 6.45) is 0. The molecule has 3 aromatic rings. The van der Waals surface area contributed by atoms with E-state index in [0.29, 0.717) is 5.82 Å². The van der Waals surface area contributed by atoms with Gasteiger partial charge in [-0.1, -0.05) is 12.1 Å². The number of benzene rings is 1. The Kier molecular flexibility index (Phi) is 4.80. The van der Waals surface area contributed by atoms with E-state index in [2.05, 4.69) is 38.7 Å². The van der Waals surface area contributed by atoms with Crippen molar-refractivity contribution in [2.24, 2.45) is 7.05 Å². The molecule has 7 heteroatoms. The molecule has 0 saturated carbocycles. The van der Waals surface area contributed by atoms with Gasteiger partial charge in [0, 0.05) is 56.4 Å². The zero-order chi connectivity index (χ0) is 19.0. The lowest BCUT2D eigenvalue weighted by Crippen LogP contribution is -2.45. The third-order valence-corrected chi connectivity index (χ3v) is 5.55. The monoisotopic (exact) mass is 365 g/mol. The average Bonchev–Trinajstić information content (AvgIpc) is 2.89. The van der Waals surface area contributed by atoms with E-state index in [1.807, 2.05) is 36.0 Å². The van der Waals surface area contributed by atoms with Crippen molar-refractivity contribution in [1.29, 1.82) is 0 Å². The molecule has 0 radical (unpaired) electrons. The van der Waals surface area contributed by atoms with Gasteiger partial charge in [-0.15, -0.1) is 0 Å². The normalized spacial score (nSPS) is 16.3. The van der Waals surface area contributed by atoms with Crippen LogP contribution in [-0.4, -0.2) is 55.7 Å². The largest absolute Gasteiger partial charge is 0.383 e. The van der Waals surface area contributed by atoms with Gasteiger partial charge in [-0.25, -0.2) is 9.97 Å². The smallest absolute Gasteiger partial charge is 0.145 e. The molecule has 7 nitrogen and oxygen atoms in total. The fourth-order valence-corrected chi connectivity index (χ4v) is 3.80. The number of hydrogen-bond acceptors (Lipinski definition) is 6. The summed E-state index contributed by atoms with van der Waals surface area (Å²) < 4.78 is 1.97. The molecule has 1 aromatic carbocycles. The molecule has 142 valence electrons. The summed E-state index contributed by atoms with van der Waals surface area (Å²) in [5.74, 6) is 1.37. The topological polar surface area (TPSA) is 76.1 Å². The van der Waals surface area contributed by atoms with Crippen LogP contribution in [0.3, 0.4) is 0 Å². The zero-order valence-electron chi connectivity index (χ0n) is 16.3. The lowest BCUT2D eigenvalue weighted by molar-refractivity contribution is 0.119. The van der Waals surface area contributed by atoms with Gasteiger partial charge in [0.25, 0.3) is 0 Å². The van der Waals surface area contributed by atoms with Crippen LogP contribution in [0.1, 0.15) is 22.8 Å². The number of nitrogens with two attached hydrogens (primary N) is 1. The molecule has 3 heterocycles. The first-order valence-electron chi connectivity index (χ1n) is 9.46. The summed E-state index contributed by atoms with van der Waals surface area (Å²) in [7, 11) is 2.01. The number of piperazine rings is 1. The Morgan fingerprint density at radius 3 is 2.30 bits per heavy atom. The van der Waals surface area contributed by atoms with Gasteiger partial charge in [-0.2, -0.15) is 5.10 Å². The predicted molar refractivity (Wildman–Crippen MR) is 107 cm³/mol. The molecule has 1 aliphatic rings. The number of anilines is 1. The van der Waals surface area contributed by atoms with Crippen molar-refractivity contribution in [2.45, 2.75) is 26.9 Å². The molecule has 2 aromatic heterocycles. The molecule has 0 spiro atoms. The highest BCUT2D eigenvalue weighted by atomic mass is 15.3. The van der Waals surface area contributed by atoms with Crippen LogP contribution in [0.25, 0.3) is 10.9 Å². The molecule has 0 amide bonds. The van der Waals surface area contributed by atoms with Crippen LogP contribution < -0.4 is 5.73 Å². The van der Waals surface area contributed by atoms with Crippen LogP contribution in [-0.2, 0) is 20.1 Å². The number of hydrogen-bond donors (Lipinski definition) is 1. The summed E-state index contributed by atoms with van der Waals surface area (Å²) in [5, 5.41) is 5.46. The fraction of sp³-hybridized carbons (Fsp3) is 0.450. The lowest BCUT2D eigenvalue weighted by atomic mass is 10.1. The fourth-order valence-electron chi connectivity index (χ4n) is 3.80. The molecule has 0 aliphatic carbocycles. The minimum absolute atomic E-state index is 0.566. The quantitative estimate of drug-likeness (QED) is 0.761. The molecule has 27 heavy (non-hydrogen) atoms. The second-order valence-electron chi connectivity index (χ2n) is 7.37. The van der Waals surface area contributed by atoms with E-state index in [9.17, 15) is 0 Å². The predicted octanol–water partition coefficient (Wildman–Crippen LogP) is 1.88. The standard InChI is InChI=1S/C20H27N7/c1-14-17(15(2)25(3)24-14)12-26-8-10-27(11-9-26)13-19-22-18-7-5-4-6-16(18)20(21)23-19/h4-7H,8-13H2,1-3H3,(H2,21,22,23). The highest BCUT2D eigenvalue weighted by Crippen LogP contribution is 2.19. The van der Waals surface area contributed by atoms with Crippen LogP contribution in [0.4, 0.5) is 5.82 Å². The van der Waals surface area contributed by atoms with Crippen LogP contribution in [0, 0.1) is 13.8 Å². The van der Waals surface area contributed by atoms with Gasteiger partial charge in [0.1, 0.15) is 11.6 Å². The molecule has 1 fully saturated rings. The van der Waals surface area contributed by atoms with Crippen molar-refractivity contribution in [2.75, 3.05) is 31.9 Å². The third-order valence-electron chi connectivity index (χ3n) is 5.55. The maximum absolute atomic E-state index is 6.11. The molecular weight excluding hydrogens is 338 g/mol. The van der Waals surface area contributed by atoms with E-state index in [1.165, 1.54) is 11.3 Å². The molecule has 0 unspecified atom stereocenters. The van der Waals surface area contributed by atoms with Crippen molar-refractivity contribution in [3.05, 3.63) is 47.0 Å². The number of nitrogen functional groups attached to an aromatic ring is 1. The maximum Gasteiger partial charge on any atom is 0.145 e. The maximum atomic E-state index is 6.11. The molecular formula is C20H27N7. The Morgan fingerprint density at radius 1 is 0.963 bits per heavy atom. The summed E-state index contributed by atoms with van der Waals surface area (Å²) >= 11 is 0. The van der Waals surface area contributed by atoms with Crippen molar-refractivity contribution in [3.63, 3.8) is 0 Å². The highest BCUT2D eigenvalue weighted by Gasteiger charge is 2.20. The number of para-hydroxylation sites is 1. The van der Waals surface area contributed by atoms with Gasteiger partial charge in [0.05, 0.1) is 17.8 Å². The van der Waals surface area contributed by atoms with Gasteiger partial charge in [-0.05, 0) is 26.0 Å². The molecule has 0 atom stereocenters. The molecule has 0 bridgehead atoms. The first-order chi connectivity index (χ1) is 13.0. The number of aromatic nitrogens is 4. The van der Waals surface area contributed by atoms with E-state index < -0.39 is 0 Å². The van der Waals surface area contributed by atoms with E-state index in [-0.39, 0.29) is 0 Å². The Labute approximate surface area is 159 Å². The first-order valence-corrected chi connectivity index (χ1v) is 9.46. The van der Waals surface area contributed by atoms with E-state index in [4.69, 9.17) is 5.73 Å². The van der Waals surface area contributed by atoms with Crippen molar-refractivity contribution in [3.8, 4) is 0 Å². The van der Waals surface area contributed by atoms with Crippen molar-refractivity contribution in [1.82, 2.24) is 29.5 Å². The Morgan fingerprint density at radius 2 is 1.63 bits per heavy atom. The first kappa shape index (κ1) is 17.9. The molecule has 1 aliphatic heterocycles. The number of nitrogens with zero attached hydrogens (tertiary/aromatic N) is 6. The molecule has 1 saturated heterocycles. The van der Waals surface area contributed by atoms with E-state index >= 15 is 0 Å². The van der Waals surface area contributed by atoms with Crippen LogP contribution in [0.2, 0.25) is 0 Å². The SMILES string of the molecule is Cc1nn(C)c(C)c1CN1CCN(Cc2nc(N)c3ccccc3n2)CC1. The molecule has 4 rings (SSSR count). The summed E-state index contributed by atoms with van der Waals surface area (Å²) in [4.78, 5) is 14.1. The molecule has 2 N–H and O–H groups in total. The number of aryl methyl sites for hydroxylation is 2. The summed E-state index contributed by atoms with van der Waals surface area (Å²) in [6.45, 7) is 10.1. The minimum Gasteiger partial charge on any atom is -0.383 e. The second-order valence-corrected chi connectivity index (χ2v) is 7.37. The van der Waals surface area contributed by atoms with Crippen molar-refractivity contribution < 1.29 is 0 Å². The Balaban J connectivity index is 1.38. The van der Waals surface area contributed by atoms with Crippen molar-refractivity contribution >= 4 is 16.7 Å². The van der Waals surface area contributed by atoms with E-state index in [1.54, 1.807) is 0 Å². The summed E-state index contributed by atoms with van der Waals surface area (Å²) in [6, 6.07) is 7.91. The number of rotatable bonds is 4. The van der Waals surface area contributed by atoms with Crippen LogP contribution >= 0.6 is 0 Å². The van der Waals surface area contributed by atoms with Gasteiger partial charge in [0.15, 0.2) is 0 Å². The average molecular weight is 365 g/mol.